The molecule has 2 rings (SSSR count). The molecule has 0 heterocycles. The van der Waals surface area contributed by atoms with Gasteiger partial charge < -0.3 is 10.1 Å². The van der Waals surface area contributed by atoms with Gasteiger partial charge in [-0.3, -0.25) is 10.1 Å². The number of aryl methyl sites for hydroxylation is 1. The van der Waals surface area contributed by atoms with E-state index in [2.05, 4.69) is 21.2 Å². The van der Waals surface area contributed by atoms with E-state index in [-0.39, 0.29) is 5.69 Å². The molecule has 5 nitrogen and oxygen atoms in total. The summed E-state index contributed by atoms with van der Waals surface area (Å²) in [6.07, 6.45) is 0. The Morgan fingerprint density at radius 3 is 2.67 bits per heavy atom. The van der Waals surface area contributed by atoms with Crippen LogP contribution in [0.2, 0.25) is 0 Å². The molecule has 0 atom stereocenters. The third-order valence-electron chi connectivity index (χ3n) is 3.10. The maximum Gasteiger partial charge on any atom is 0.271 e. The molecule has 110 valence electrons. The van der Waals surface area contributed by atoms with Gasteiger partial charge in [-0.2, -0.15) is 0 Å². The van der Waals surface area contributed by atoms with Crippen LogP contribution in [-0.2, 0) is 6.54 Å². The van der Waals surface area contributed by atoms with Gasteiger partial charge in [-0.15, -0.1) is 0 Å². The Balaban J connectivity index is 2.14. The van der Waals surface area contributed by atoms with E-state index < -0.39 is 4.92 Å². The molecule has 21 heavy (non-hydrogen) atoms. The quantitative estimate of drug-likeness (QED) is 0.645. The van der Waals surface area contributed by atoms with Crippen molar-refractivity contribution in [1.82, 2.24) is 0 Å². The second-order valence-corrected chi connectivity index (χ2v) is 5.43. The Morgan fingerprint density at radius 2 is 2.05 bits per heavy atom. The molecule has 0 saturated heterocycles. The average Bonchev–Trinajstić information content (AvgIpc) is 2.46. The molecule has 0 bridgehead atoms. The number of benzene rings is 2. The molecule has 2 aromatic rings. The number of non-ortho nitro benzene ring substituents is 1. The zero-order chi connectivity index (χ0) is 15.4. The molecule has 0 aliphatic rings. The summed E-state index contributed by atoms with van der Waals surface area (Å²) >= 11 is 3.39. The van der Waals surface area contributed by atoms with Crippen LogP contribution >= 0.6 is 15.9 Å². The molecule has 1 N–H and O–H groups in total. The number of nitro benzene ring substituents is 1. The first kappa shape index (κ1) is 15.3. The summed E-state index contributed by atoms with van der Waals surface area (Å²) < 4.78 is 6.01. The van der Waals surface area contributed by atoms with Crippen LogP contribution in [0.25, 0.3) is 0 Å². The Morgan fingerprint density at radius 1 is 1.29 bits per heavy atom. The standard InChI is InChI=1S/C15H15BrN2O3/c1-10-7-11(3-6-15(10)21-2)9-17-14-8-12(18(19)20)4-5-13(14)16/h3-8,17H,9H2,1-2H3. The topological polar surface area (TPSA) is 64.4 Å². The van der Waals surface area contributed by atoms with Crippen LogP contribution in [0.1, 0.15) is 11.1 Å². The number of methoxy groups -OCH3 is 1. The molecule has 0 unspecified atom stereocenters. The van der Waals surface area contributed by atoms with E-state index in [1.54, 1.807) is 13.2 Å². The van der Waals surface area contributed by atoms with E-state index in [1.807, 2.05) is 25.1 Å². The molecule has 0 saturated carbocycles. The highest BCUT2D eigenvalue weighted by Gasteiger charge is 2.09. The Kier molecular flexibility index (Phi) is 4.80. The maximum absolute atomic E-state index is 10.8. The molecule has 0 amide bonds. The SMILES string of the molecule is COc1ccc(CNc2cc([N+](=O)[O-])ccc2Br)cc1C. The number of nitro groups is 1. The summed E-state index contributed by atoms with van der Waals surface area (Å²) in [5.74, 6) is 0.843. The smallest absolute Gasteiger partial charge is 0.271 e. The van der Waals surface area contributed by atoms with Crippen molar-refractivity contribution >= 4 is 27.3 Å². The van der Waals surface area contributed by atoms with Crippen molar-refractivity contribution < 1.29 is 9.66 Å². The van der Waals surface area contributed by atoms with E-state index in [4.69, 9.17) is 4.74 Å². The minimum atomic E-state index is -0.408. The van der Waals surface area contributed by atoms with Crippen molar-refractivity contribution in [3.63, 3.8) is 0 Å². The monoisotopic (exact) mass is 350 g/mol. The van der Waals surface area contributed by atoms with Crippen LogP contribution in [0.5, 0.6) is 5.75 Å². The van der Waals surface area contributed by atoms with Gasteiger partial charge in [0.25, 0.3) is 5.69 Å². The number of anilines is 1. The fourth-order valence-electron chi connectivity index (χ4n) is 2.01. The fourth-order valence-corrected chi connectivity index (χ4v) is 2.40. The van der Waals surface area contributed by atoms with Gasteiger partial charge >= 0.3 is 0 Å². The lowest BCUT2D eigenvalue weighted by Gasteiger charge is -2.10. The Hall–Kier alpha value is -2.08. The second-order valence-electron chi connectivity index (χ2n) is 4.58. The highest BCUT2D eigenvalue weighted by Crippen LogP contribution is 2.28. The van der Waals surface area contributed by atoms with Gasteiger partial charge in [0.15, 0.2) is 0 Å². The van der Waals surface area contributed by atoms with Crippen LogP contribution in [0.4, 0.5) is 11.4 Å². The maximum atomic E-state index is 10.8. The third-order valence-corrected chi connectivity index (χ3v) is 3.79. The lowest BCUT2D eigenvalue weighted by Crippen LogP contribution is -2.01. The van der Waals surface area contributed by atoms with Gasteiger partial charge in [-0.25, -0.2) is 0 Å². The average molecular weight is 351 g/mol. The van der Waals surface area contributed by atoms with Crippen LogP contribution in [0.3, 0.4) is 0 Å². The van der Waals surface area contributed by atoms with E-state index in [0.29, 0.717) is 12.2 Å². The van der Waals surface area contributed by atoms with Crippen molar-refractivity contribution in [2.24, 2.45) is 0 Å². The van der Waals surface area contributed by atoms with Crippen molar-refractivity contribution in [2.45, 2.75) is 13.5 Å². The molecule has 0 aromatic heterocycles. The van der Waals surface area contributed by atoms with E-state index in [0.717, 1.165) is 21.3 Å². The molecule has 0 aliphatic heterocycles. The van der Waals surface area contributed by atoms with E-state index >= 15 is 0 Å². The zero-order valence-corrected chi connectivity index (χ0v) is 13.3. The second kappa shape index (κ2) is 6.58. The lowest BCUT2D eigenvalue weighted by molar-refractivity contribution is -0.384. The van der Waals surface area contributed by atoms with E-state index in [1.165, 1.54) is 12.1 Å². The highest BCUT2D eigenvalue weighted by atomic mass is 79.9. The highest BCUT2D eigenvalue weighted by molar-refractivity contribution is 9.10. The molecule has 2 aromatic carbocycles. The number of hydrogen-bond acceptors (Lipinski definition) is 4. The van der Waals surface area contributed by atoms with Gasteiger partial charge in [0.1, 0.15) is 5.75 Å². The van der Waals surface area contributed by atoms with Crippen LogP contribution < -0.4 is 10.1 Å². The van der Waals surface area contributed by atoms with Crippen molar-refractivity contribution in [3.8, 4) is 5.75 Å². The zero-order valence-electron chi connectivity index (χ0n) is 11.7. The number of rotatable bonds is 5. The van der Waals surface area contributed by atoms with Crippen LogP contribution in [-0.4, -0.2) is 12.0 Å². The van der Waals surface area contributed by atoms with Gasteiger partial charge in [0.2, 0.25) is 0 Å². The Labute approximate surface area is 131 Å². The predicted molar refractivity (Wildman–Crippen MR) is 85.9 cm³/mol. The number of hydrogen-bond donors (Lipinski definition) is 1. The first-order valence-corrected chi connectivity index (χ1v) is 7.12. The van der Waals surface area contributed by atoms with Crippen LogP contribution in [0, 0.1) is 17.0 Å². The predicted octanol–water partition coefficient (Wildman–Crippen LogP) is 4.29. The van der Waals surface area contributed by atoms with Crippen molar-refractivity contribution in [2.75, 3.05) is 12.4 Å². The van der Waals surface area contributed by atoms with E-state index in [9.17, 15) is 10.1 Å². The Bertz CT molecular complexity index is 674. The molecule has 0 radical (unpaired) electrons. The summed E-state index contributed by atoms with van der Waals surface area (Å²) in [4.78, 5) is 10.4. The van der Waals surface area contributed by atoms with Gasteiger partial charge in [0.05, 0.1) is 17.7 Å². The summed E-state index contributed by atoms with van der Waals surface area (Å²) in [5, 5.41) is 14.0. The molecule has 6 heteroatoms. The van der Waals surface area contributed by atoms with Crippen molar-refractivity contribution in [3.05, 3.63) is 62.1 Å². The summed E-state index contributed by atoms with van der Waals surface area (Å²) in [7, 11) is 1.64. The summed E-state index contributed by atoms with van der Waals surface area (Å²) in [6.45, 7) is 2.55. The minimum Gasteiger partial charge on any atom is -0.496 e. The van der Waals surface area contributed by atoms with Gasteiger partial charge in [-0.1, -0.05) is 12.1 Å². The molecular formula is C15H15BrN2O3. The van der Waals surface area contributed by atoms with Crippen molar-refractivity contribution in [1.29, 1.82) is 0 Å². The normalized spacial score (nSPS) is 10.2. The minimum absolute atomic E-state index is 0.0617. The number of nitrogens with one attached hydrogen (secondary N) is 1. The number of nitrogens with zero attached hydrogens (tertiary/aromatic N) is 1. The fraction of sp³-hybridized carbons (Fsp3) is 0.200. The molecule has 0 fully saturated rings. The largest absolute Gasteiger partial charge is 0.496 e. The summed E-state index contributed by atoms with van der Waals surface area (Å²) in [5.41, 5.74) is 2.88. The van der Waals surface area contributed by atoms with Gasteiger partial charge in [-0.05, 0) is 46.1 Å². The molecule has 0 aliphatic carbocycles. The third kappa shape index (κ3) is 3.72. The first-order valence-electron chi connectivity index (χ1n) is 6.32. The summed E-state index contributed by atoms with van der Waals surface area (Å²) in [6, 6.07) is 10.5. The number of ether oxygens (including phenoxy) is 1. The lowest BCUT2D eigenvalue weighted by atomic mass is 10.1. The van der Waals surface area contributed by atoms with Crippen LogP contribution in [0.15, 0.2) is 40.9 Å². The van der Waals surface area contributed by atoms with Gasteiger partial charge in [0, 0.05) is 23.2 Å². The molecular weight excluding hydrogens is 336 g/mol. The first-order chi connectivity index (χ1) is 10.0. The molecule has 0 spiro atoms. The number of halogens is 1.